The minimum Gasteiger partial charge on any atom is -0.463 e. The van der Waals surface area contributed by atoms with E-state index in [1.165, 1.54) is 13.8 Å². The quantitative estimate of drug-likeness (QED) is 0.461. The summed E-state index contributed by atoms with van der Waals surface area (Å²) in [4.78, 5) is 11.6. The lowest BCUT2D eigenvalue weighted by Crippen LogP contribution is -2.53. The number of rotatable bonds is 8. The number of hydrogen-bond donors (Lipinski definition) is 0. The third-order valence-corrected chi connectivity index (χ3v) is 2.91. The number of carbonyl (C=O) groups is 1. The Hall–Kier alpha value is -1.02. The molecule has 2 nitrogen and oxygen atoms in total. The van der Waals surface area contributed by atoms with Gasteiger partial charge in [-0.15, -0.1) is 0 Å². The van der Waals surface area contributed by atoms with Gasteiger partial charge < -0.3 is 4.74 Å². The van der Waals surface area contributed by atoms with Gasteiger partial charge in [0.05, 0.1) is 12.0 Å². The molecule has 0 aromatic rings. The van der Waals surface area contributed by atoms with Gasteiger partial charge in [0.15, 0.2) is 0 Å². The number of alkyl halides is 7. The summed E-state index contributed by atoms with van der Waals surface area (Å²) in [6.07, 6.45) is -8.55. The maximum Gasteiger partial charge on any atom is 0.459 e. The zero-order valence-corrected chi connectivity index (χ0v) is 12.4. The molecule has 0 fully saturated rings. The van der Waals surface area contributed by atoms with E-state index in [0.29, 0.717) is 6.42 Å². The SMILES string of the molecule is CCCCC(CC(F)(F)C(F)(F)C(F)(F)F)C(=O)OC(C)C. The summed E-state index contributed by atoms with van der Waals surface area (Å²) in [6.45, 7) is 4.49. The van der Waals surface area contributed by atoms with Crippen molar-refractivity contribution in [2.24, 2.45) is 5.92 Å². The molecule has 0 aromatic carbocycles. The number of halogens is 7. The van der Waals surface area contributed by atoms with E-state index in [-0.39, 0.29) is 12.8 Å². The highest BCUT2D eigenvalue weighted by molar-refractivity contribution is 5.72. The predicted octanol–water partition coefficient (Wildman–Crippen LogP) is 4.97. The van der Waals surface area contributed by atoms with Crippen molar-refractivity contribution in [1.29, 1.82) is 0 Å². The van der Waals surface area contributed by atoms with Gasteiger partial charge in [0.2, 0.25) is 0 Å². The van der Waals surface area contributed by atoms with Gasteiger partial charge in [-0.1, -0.05) is 19.8 Å². The first-order chi connectivity index (χ1) is 9.76. The molecule has 0 spiro atoms. The maximum atomic E-state index is 13.4. The molecule has 0 saturated heterocycles. The first-order valence-electron chi connectivity index (χ1n) is 6.79. The van der Waals surface area contributed by atoms with Crippen molar-refractivity contribution in [3.63, 3.8) is 0 Å². The molecule has 1 unspecified atom stereocenters. The molecule has 0 N–H and O–H groups in total. The van der Waals surface area contributed by atoms with Gasteiger partial charge in [-0.2, -0.15) is 30.7 Å². The molecule has 0 rings (SSSR count). The highest BCUT2D eigenvalue weighted by Gasteiger charge is 2.73. The molecule has 0 aromatic heterocycles. The molecule has 0 amide bonds. The Morgan fingerprint density at radius 1 is 1.05 bits per heavy atom. The third-order valence-electron chi connectivity index (χ3n) is 2.91. The zero-order chi connectivity index (χ0) is 17.8. The lowest BCUT2D eigenvalue weighted by atomic mass is 9.92. The van der Waals surface area contributed by atoms with E-state index in [2.05, 4.69) is 4.74 Å². The van der Waals surface area contributed by atoms with Crippen LogP contribution in [-0.2, 0) is 9.53 Å². The van der Waals surface area contributed by atoms with Crippen LogP contribution in [0.4, 0.5) is 30.7 Å². The van der Waals surface area contributed by atoms with Crippen molar-refractivity contribution in [3.8, 4) is 0 Å². The Bertz CT molecular complexity index is 364. The van der Waals surface area contributed by atoms with Crippen LogP contribution < -0.4 is 0 Å². The summed E-state index contributed by atoms with van der Waals surface area (Å²) >= 11 is 0. The first kappa shape index (κ1) is 21.0. The van der Waals surface area contributed by atoms with Crippen LogP contribution in [0.1, 0.15) is 46.5 Å². The minimum atomic E-state index is -6.40. The molecule has 0 aliphatic rings. The van der Waals surface area contributed by atoms with Crippen molar-refractivity contribution >= 4 is 5.97 Å². The second-order valence-electron chi connectivity index (χ2n) is 5.31. The Labute approximate surface area is 124 Å². The van der Waals surface area contributed by atoms with Gasteiger partial charge in [0.1, 0.15) is 0 Å². The fraction of sp³-hybridized carbons (Fsp3) is 0.923. The summed E-state index contributed by atoms with van der Waals surface area (Å²) in [6, 6.07) is 0. The number of carbonyl (C=O) groups excluding carboxylic acids is 1. The Kier molecular flexibility index (Phi) is 7.15. The monoisotopic (exact) mass is 340 g/mol. The van der Waals surface area contributed by atoms with Gasteiger partial charge in [0, 0.05) is 6.42 Å². The number of unbranched alkanes of at least 4 members (excludes halogenated alkanes) is 1. The van der Waals surface area contributed by atoms with Crippen LogP contribution in [-0.4, -0.2) is 30.1 Å². The summed E-state index contributed by atoms with van der Waals surface area (Å²) in [7, 11) is 0. The van der Waals surface area contributed by atoms with Crippen LogP contribution in [0.2, 0.25) is 0 Å². The fourth-order valence-corrected chi connectivity index (χ4v) is 1.73. The average Bonchev–Trinajstić information content (AvgIpc) is 2.31. The highest BCUT2D eigenvalue weighted by Crippen LogP contribution is 2.49. The molecular formula is C13H19F7O2. The lowest BCUT2D eigenvalue weighted by molar-refractivity contribution is -0.357. The first-order valence-corrected chi connectivity index (χ1v) is 6.79. The van der Waals surface area contributed by atoms with E-state index in [9.17, 15) is 35.5 Å². The lowest BCUT2D eigenvalue weighted by Gasteiger charge is -2.30. The van der Waals surface area contributed by atoms with Crippen molar-refractivity contribution in [2.45, 2.75) is 70.6 Å². The van der Waals surface area contributed by atoms with Gasteiger partial charge >= 0.3 is 24.0 Å². The smallest absolute Gasteiger partial charge is 0.459 e. The number of hydrogen-bond acceptors (Lipinski definition) is 2. The Balaban J connectivity index is 5.23. The van der Waals surface area contributed by atoms with Crippen LogP contribution in [0.25, 0.3) is 0 Å². The van der Waals surface area contributed by atoms with Crippen molar-refractivity contribution in [1.82, 2.24) is 0 Å². The van der Waals surface area contributed by atoms with Gasteiger partial charge in [-0.25, -0.2) is 0 Å². The zero-order valence-electron chi connectivity index (χ0n) is 12.4. The average molecular weight is 340 g/mol. The molecule has 1 atom stereocenters. The van der Waals surface area contributed by atoms with Crippen LogP contribution >= 0.6 is 0 Å². The molecule has 9 heteroatoms. The van der Waals surface area contributed by atoms with Crippen LogP contribution in [0.3, 0.4) is 0 Å². The van der Waals surface area contributed by atoms with Gasteiger partial charge in [0.25, 0.3) is 0 Å². The van der Waals surface area contributed by atoms with Crippen molar-refractivity contribution < 1.29 is 40.3 Å². The summed E-state index contributed by atoms with van der Waals surface area (Å²) in [5.41, 5.74) is 0. The maximum absolute atomic E-state index is 13.4. The standard InChI is InChI=1S/C13H19F7O2/c1-4-5-6-9(10(21)22-8(2)3)7-11(14,15)12(16,17)13(18,19)20/h8-9H,4-7H2,1-3H3. The van der Waals surface area contributed by atoms with E-state index in [0.717, 1.165) is 0 Å². The van der Waals surface area contributed by atoms with Crippen molar-refractivity contribution in [3.05, 3.63) is 0 Å². The topological polar surface area (TPSA) is 26.3 Å². The molecule has 0 heterocycles. The number of esters is 1. The Morgan fingerprint density at radius 2 is 1.55 bits per heavy atom. The Morgan fingerprint density at radius 3 is 1.91 bits per heavy atom. The normalized spacial score (nSPS) is 15.0. The molecular weight excluding hydrogens is 321 g/mol. The molecule has 0 aliphatic carbocycles. The van der Waals surface area contributed by atoms with E-state index in [1.807, 2.05) is 0 Å². The second kappa shape index (κ2) is 7.50. The van der Waals surface area contributed by atoms with Crippen LogP contribution in [0, 0.1) is 5.92 Å². The fourth-order valence-electron chi connectivity index (χ4n) is 1.73. The minimum absolute atomic E-state index is 0.228. The van der Waals surface area contributed by atoms with E-state index >= 15 is 0 Å². The molecule has 0 radical (unpaired) electrons. The van der Waals surface area contributed by atoms with Crippen LogP contribution in [0.5, 0.6) is 0 Å². The molecule has 132 valence electrons. The third kappa shape index (κ3) is 5.31. The van der Waals surface area contributed by atoms with E-state index in [4.69, 9.17) is 0 Å². The van der Waals surface area contributed by atoms with Crippen LogP contribution in [0.15, 0.2) is 0 Å². The largest absolute Gasteiger partial charge is 0.463 e. The summed E-state index contributed by atoms with van der Waals surface area (Å²) in [5.74, 6) is -14.5. The molecule has 22 heavy (non-hydrogen) atoms. The molecule has 0 bridgehead atoms. The predicted molar refractivity (Wildman–Crippen MR) is 64.8 cm³/mol. The second-order valence-corrected chi connectivity index (χ2v) is 5.31. The van der Waals surface area contributed by atoms with Crippen molar-refractivity contribution in [2.75, 3.05) is 0 Å². The van der Waals surface area contributed by atoms with Gasteiger partial charge in [-0.3, -0.25) is 4.79 Å². The van der Waals surface area contributed by atoms with E-state index < -0.39 is 42.4 Å². The molecule has 0 saturated carbocycles. The summed E-state index contributed by atoms with van der Waals surface area (Å²) in [5, 5.41) is 0. The van der Waals surface area contributed by atoms with E-state index in [1.54, 1.807) is 6.92 Å². The highest BCUT2D eigenvalue weighted by atomic mass is 19.4. The van der Waals surface area contributed by atoms with Gasteiger partial charge in [-0.05, 0) is 20.3 Å². The molecule has 0 aliphatic heterocycles. The number of ether oxygens (including phenoxy) is 1. The summed E-state index contributed by atoms with van der Waals surface area (Å²) < 4.78 is 93.5.